The second-order valence-corrected chi connectivity index (χ2v) is 4.58. The van der Waals surface area contributed by atoms with Crippen LogP contribution in [0.25, 0.3) is 0 Å². The first-order chi connectivity index (χ1) is 9.20. The minimum absolute atomic E-state index is 0.130. The third-order valence-electron chi connectivity index (χ3n) is 3.20. The van der Waals surface area contributed by atoms with Gasteiger partial charge in [0.25, 0.3) is 5.91 Å². The van der Waals surface area contributed by atoms with Crippen LogP contribution in [0.5, 0.6) is 0 Å². The van der Waals surface area contributed by atoms with E-state index in [2.05, 4.69) is 4.98 Å². The molecular formula is C13H19N3O3. The molecule has 2 rings (SSSR count). The van der Waals surface area contributed by atoms with Gasteiger partial charge in [-0.3, -0.25) is 9.59 Å². The highest BCUT2D eigenvalue weighted by molar-refractivity contribution is 5.92. The molecule has 0 radical (unpaired) electrons. The molecule has 1 amide bonds. The smallest absolute Gasteiger partial charge is 0.270 e. The van der Waals surface area contributed by atoms with E-state index in [1.54, 1.807) is 17.0 Å². The molecule has 1 saturated heterocycles. The zero-order valence-corrected chi connectivity index (χ0v) is 10.8. The SMILES string of the molecule is NCCOC1CCN(C(=O)c2cccc(=O)[nH]2)CC1. The number of aromatic nitrogens is 1. The van der Waals surface area contributed by atoms with Crippen LogP contribution in [0, 0.1) is 0 Å². The first kappa shape index (κ1) is 13.8. The molecule has 1 aromatic rings. The minimum Gasteiger partial charge on any atom is -0.377 e. The average Bonchev–Trinajstić information content (AvgIpc) is 2.45. The first-order valence-corrected chi connectivity index (χ1v) is 6.51. The van der Waals surface area contributed by atoms with Gasteiger partial charge in [0.2, 0.25) is 5.56 Å². The molecule has 0 atom stereocenters. The number of ether oxygens (including phenoxy) is 1. The molecule has 0 unspecified atom stereocenters. The number of H-pyrrole nitrogens is 1. The quantitative estimate of drug-likeness (QED) is 0.799. The Morgan fingerprint density at radius 3 is 2.79 bits per heavy atom. The summed E-state index contributed by atoms with van der Waals surface area (Å²) in [7, 11) is 0. The Balaban J connectivity index is 1.91. The Morgan fingerprint density at radius 1 is 1.42 bits per heavy atom. The highest BCUT2D eigenvalue weighted by atomic mass is 16.5. The number of pyridine rings is 1. The molecule has 1 aromatic heterocycles. The van der Waals surface area contributed by atoms with Gasteiger partial charge in [0.05, 0.1) is 12.7 Å². The van der Waals surface area contributed by atoms with Gasteiger partial charge in [-0.15, -0.1) is 0 Å². The zero-order chi connectivity index (χ0) is 13.7. The van der Waals surface area contributed by atoms with Crippen LogP contribution >= 0.6 is 0 Å². The summed E-state index contributed by atoms with van der Waals surface area (Å²) in [5.41, 5.74) is 5.47. The van der Waals surface area contributed by atoms with E-state index >= 15 is 0 Å². The summed E-state index contributed by atoms with van der Waals surface area (Å²) in [6, 6.07) is 4.60. The summed E-state index contributed by atoms with van der Waals surface area (Å²) in [4.78, 5) is 27.7. The largest absolute Gasteiger partial charge is 0.377 e. The molecule has 0 spiro atoms. The van der Waals surface area contributed by atoms with Crippen molar-refractivity contribution in [2.24, 2.45) is 5.73 Å². The van der Waals surface area contributed by atoms with Gasteiger partial charge in [-0.2, -0.15) is 0 Å². The molecule has 0 bridgehead atoms. The fraction of sp³-hybridized carbons (Fsp3) is 0.538. The summed E-state index contributed by atoms with van der Waals surface area (Å²) in [6.07, 6.45) is 1.80. The maximum Gasteiger partial charge on any atom is 0.270 e. The number of nitrogens with one attached hydrogen (secondary N) is 1. The van der Waals surface area contributed by atoms with Gasteiger partial charge in [-0.1, -0.05) is 6.07 Å². The van der Waals surface area contributed by atoms with E-state index in [0.717, 1.165) is 12.8 Å². The number of carbonyl (C=O) groups excluding carboxylic acids is 1. The normalized spacial score (nSPS) is 16.6. The van der Waals surface area contributed by atoms with Crippen molar-refractivity contribution in [3.63, 3.8) is 0 Å². The van der Waals surface area contributed by atoms with Crippen LogP contribution in [-0.2, 0) is 4.74 Å². The lowest BCUT2D eigenvalue weighted by Crippen LogP contribution is -2.41. The Morgan fingerprint density at radius 2 is 2.16 bits per heavy atom. The molecule has 0 aliphatic carbocycles. The predicted octanol–water partition coefficient (Wildman–Crippen LogP) is -0.0452. The van der Waals surface area contributed by atoms with Gasteiger partial charge in [0.15, 0.2) is 0 Å². The summed E-state index contributed by atoms with van der Waals surface area (Å²) in [6.45, 7) is 2.37. The lowest BCUT2D eigenvalue weighted by atomic mass is 10.1. The van der Waals surface area contributed by atoms with Gasteiger partial charge in [-0.25, -0.2) is 0 Å². The van der Waals surface area contributed by atoms with E-state index in [1.165, 1.54) is 6.07 Å². The molecule has 0 aromatic carbocycles. The Labute approximate surface area is 111 Å². The lowest BCUT2D eigenvalue weighted by Gasteiger charge is -2.31. The van der Waals surface area contributed by atoms with Crippen molar-refractivity contribution in [3.8, 4) is 0 Å². The first-order valence-electron chi connectivity index (χ1n) is 6.51. The van der Waals surface area contributed by atoms with E-state index in [1.807, 2.05) is 0 Å². The molecule has 104 valence electrons. The van der Waals surface area contributed by atoms with E-state index < -0.39 is 0 Å². The number of nitrogens with zero attached hydrogens (tertiary/aromatic N) is 1. The van der Waals surface area contributed by atoms with Crippen molar-refractivity contribution < 1.29 is 9.53 Å². The van der Waals surface area contributed by atoms with Crippen LogP contribution < -0.4 is 11.3 Å². The maximum absolute atomic E-state index is 12.2. The minimum atomic E-state index is -0.257. The van der Waals surface area contributed by atoms with Gasteiger partial charge in [0.1, 0.15) is 5.69 Å². The zero-order valence-electron chi connectivity index (χ0n) is 10.8. The summed E-state index contributed by atoms with van der Waals surface area (Å²) < 4.78 is 5.56. The van der Waals surface area contributed by atoms with Crippen LogP contribution in [0.4, 0.5) is 0 Å². The topological polar surface area (TPSA) is 88.4 Å². The van der Waals surface area contributed by atoms with Crippen LogP contribution in [-0.4, -0.2) is 48.1 Å². The molecular weight excluding hydrogens is 246 g/mol. The second-order valence-electron chi connectivity index (χ2n) is 4.58. The third kappa shape index (κ3) is 3.65. The second kappa shape index (κ2) is 6.49. The maximum atomic E-state index is 12.2. The number of amides is 1. The number of hydrogen-bond acceptors (Lipinski definition) is 4. The van der Waals surface area contributed by atoms with Gasteiger partial charge < -0.3 is 20.4 Å². The Hall–Kier alpha value is -1.66. The van der Waals surface area contributed by atoms with Crippen molar-refractivity contribution >= 4 is 5.91 Å². The molecule has 6 heteroatoms. The summed E-state index contributed by atoms with van der Waals surface area (Å²) >= 11 is 0. The number of hydrogen-bond donors (Lipinski definition) is 2. The molecule has 19 heavy (non-hydrogen) atoms. The highest BCUT2D eigenvalue weighted by Gasteiger charge is 2.24. The fourth-order valence-electron chi connectivity index (χ4n) is 2.20. The number of aromatic amines is 1. The van der Waals surface area contributed by atoms with Crippen molar-refractivity contribution in [2.75, 3.05) is 26.2 Å². The van der Waals surface area contributed by atoms with Crippen LogP contribution in [0.1, 0.15) is 23.3 Å². The van der Waals surface area contributed by atoms with Crippen molar-refractivity contribution in [3.05, 3.63) is 34.2 Å². The molecule has 1 aliphatic heterocycles. The lowest BCUT2D eigenvalue weighted by molar-refractivity contribution is 0.0120. The van der Waals surface area contributed by atoms with Gasteiger partial charge in [-0.05, 0) is 18.9 Å². The molecule has 6 nitrogen and oxygen atoms in total. The number of nitrogens with two attached hydrogens (primary N) is 1. The average molecular weight is 265 g/mol. The molecule has 3 N–H and O–H groups in total. The van der Waals surface area contributed by atoms with Crippen LogP contribution in [0.2, 0.25) is 0 Å². The van der Waals surface area contributed by atoms with E-state index in [9.17, 15) is 9.59 Å². The third-order valence-corrected chi connectivity index (χ3v) is 3.20. The monoisotopic (exact) mass is 265 g/mol. The molecule has 2 heterocycles. The standard InChI is InChI=1S/C13H19N3O3/c14-6-9-19-10-4-7-16(8-5-10)13(18)11-2-1-3-12(17)15-11/h1-3,10H,4-9,14H2,(H,15,17). The van der Waals surface area contributed by atoms with Gasteiger partial charge in [0, 0.05) is 25.7 Å². The van der Waals surface area contributed by atoms with Crippen molar-refractivity contribution in [1.82, 2.24) is 9.88 Å². The Bertz CT molecular complexity index is 478. The fourth-order valence-corrected chi connectivity index (χ4v) is 2.20. The van der Waals surface area contributed by atoms with Crippen LogP contribution in [0.15, 0.2) is 23.0 Å². The van der Waals surface area contributed by atoms with E-state index in [-0.39, 0.29) is 17.6 Å². The molecule has 1 fully saturated rings. The number of piperidine rings is 1. The molecule has 0 saturated carbocycles. The predicted molar refractivity (Wildman–Crippen MR) is 71.0 cm³/mol. The van der Waals surface area contributed by atoms with Crippen LogP contribution in [0.3, 0.4) is 0 Å². The van der Waals surface area contributed by atoms with Crippen molar-refractivity contribution in [2.45, 2.75) is 18.9 Å². The molecule has 1 aliphatic rings. The highest BCUT2D eigenvalue weighted by Crippen LogP contribution is 2.15. The van der Waals surface area contributed by atoms with E-state index in [0.29, 0.717) is 31.9 Å². The van der Waals surface area contributed by atoms with E-state index in [4.69, 9.17) is 10.5 Å². The Kier molecular flexibility index (Phi) is 4.70. The van der Waals surface area contributed by atoms with Gasteiger partial charge >= 0.3 is 0 Å². The number of likely N-dealkylation sites (tertiary alicyclic amines) is 1. The summed E-state index contributed by atoms with van der Waals surface area (Å²) in [5, 5.41) is 0. The summed E-state index contributed by atoms with van der Waals surface area (Å²) in [5.74, 6) is -0.130. The van der Waals surface area contributed by atoms with Crippen molar-refractivity contribution in [1.29, 1.82) is 0 Å². The number of carbonyl (C=O) groups is 1. The number of rotatable bonds is 4.